The minimum absolute atomic E-state index is 0.00977. The molecular formula is C16H15BrClNOS. The maximum Gasteiger partial charge on any atom is 0.237 e. The highest BCUT2D eigenvalue weighted by atomic mass is 79.9. The van der Waals surface area contributed by atoms with Gasteiger partial charge in [0, 0.05) is 20.1 Å². The van der Waals surface area contributed by atoms with E-state index in [0.717, 1.165) is 21.5 Å². The minimum Gasteiger partial charge on any atom is -0.325 e. The number of carbonyl (C=O) groups is 1. The first-order valence-corrected chi connectivity index (χ1v) is 8.62. The molecule has 110 valence electrons. The average molecular weight is 385 g/mol. The van der Waals surface area contributed by atoms with Crippen LogP contribution >= 0.6 is 39.3 Å². The smallest absolute Gasteiger partial charge is 0.237 e. The molecule has 1 atom stereocenters. The van der Waals surface area contributed by atoms with Crippen LogP contribution in [0.15, 0.2) is 57.9 Å². The van der Waals surface area contributed by atoms with Crippen molar-refractivity contribution in [2.24, 2.45) is 0 Å². The van der Waals surface area contributed by atoms with E-state index in [2.05, 4.69) is 21.2 Å². The molecule has 21 heavy (non-hydrogen) atoms. The van der Waals surface area contributed by atoms with Gasteiger partial charge in [0.25, 0.3) is 0 Å². The van der Waals surface area contributed by atoms with Crippen molar-refractivity contribution in [3.05, 3.63) is 58.0 Å². The summed E-state index contributed by atoms with van der Waals surface area (Å²) in [5.41, 5.74) is 0.796. The van der Waals surface area contributed by atoms with Crippen LogP contribution < -0.4 is 5.32 Å². The molecule has 1 N–H and O–H groups in total. The first-order chi connectivity index (χ1) is 10.1. The molecule has 0 aliphatic rings. The molecule has 0 fully saturated rings. The quantitative estimate of drug-likeness (QED) is 0.679. The van der Waals surface area contributed by atoms with Crippen molar-refractivity contribution in [1.82, 2.24) is 0 Å². The van der Waals surface area contributed by atoms with Crippen LogP contribution in [0.3, 0.4) is 0 Å². The van der Waals surface area contributed by atoms with E-state index in [1.165, 1.54) is 0 Å². The van der Waals surface area contributed by atoms with Crippen LogP contribution in [-0.2, 0) is 4.79 Å². The summed E-state index contributed by atoms with van der Waals surface area (Å²) in [6, 6.07) is 15.1. The van der Waals surface area contributed by atoms with Crippen molar-refractivity contribution in [3.63, 3.8) is 0 Å². The van der Waals surface area contributed by atoms with E-state index in [-0.39, 0.29) is 11.2 Å². The van der Waals surface area contributed by atoms with E-state index in [9.17, 15) is 4.79 Å². The number of anilines is 1. The topological polar surface area (TPSA) is 29.1 Å². The molecule has 0 heterocycles. The van der Waals surface area contributed by atoms with E-state index in [4.69, 9.17) is 11.6 Å². The molecule has 0 saturated heterocycles. The van der Waals surface area contributed by atoms with E-state index in [1.807, 2.05) is 55.5 Å². The lowest BCUT2D eigenvalue weighted by Gasteiger charge is -2.15. The molecule has 0 bridgehead atoms. The van der Waals surface area contributed by atoms with Gasteiger partial charge in [-0.25, -0.2) is 0 Å². The van der Waals surface area contributed by atoms with Crippen LogP contribution in [0.25, 0.3) is 0 Å². The van der Waals surface area contributed by atoms with Crippen molar-refractivity contribution in [3.8, 4) is 0 Å². The Hall–Kier alpha value is -0.970. The number of nitrogens with one attached hydrogen (secondary N) is 1. The van der Waals surface area contributed by atoms with Crippen molar-refractivity contribution in [2.75, 3.05) is 5.32 Å². The molecule has 2 nitrogen and oxygen atoms in total. The Balaban J connectivity index is 2.03. The lowest BCUT2D eigenvalue weighted by molar-refractivity contribution is -0.115. The van der Waals surface area contributed by atoms with Gasteiger partial charge in [-0.2, -0.15) is 0 Å². The molecule has 1 amide bonds. The number of hydrogen-bond donors (Lipinski definition) is 1. The van der Waals surface area contributed by atoms with Crippen molar-refractivity contribution >= 4 is 50.9 Å². The van der Waals surface area contributed by atoms with Crippen LogP contribution in [0.4, 0.5) is 5.69 Å². The summed E-state index contributed by atoms with van der Waals surface area (Å²) in [6.45, 7) is 2.01. The van der Waals surface area contributed by atoms with Gasteiger partial charge in [0.2, 0.25) is 5.91 Å². The maximum absolute atomic E-state index is 12.4. The highest BCUT2D eigenvalue weighted by molar-refractivity contribution is 9.10. The van der Waals surface area contributed by atoms with Gasteiger partial charge in [-0.15, -0.1) is 11.8 Å². The lowest BCUT2D eigenvalue weighted by Crippen LogP contribution is -2.24. The van der Waals surface area contributed by atoms with Crippen molar-refractivity contribution < 1.29 is 4.79 Å². The van der Waals surface area contributed by atoms with Gasteiger partial charge in [0.1, 0.15) is 0 Å². The first-order valence-electron chi connectivity index (χ1n) is 6.57. The highest BCUT2D eigenvalue weighted by Gasteiger charge is 2.18. The van der Waals surface area contributed by atoms with Gasteiger partial charge in [-0.05, 0) is 48.9 Å². The molecule has 5 heteroatoms. The molecule has 2 aromatic carbocycles. The second kappa shape index (κ2) is 7.87. The molecule has 1 unspecified atom stereocenters. The summed E-state index contributed by atoms with van der Waals surface area (Å²) in [5.74, 6) is 0.00977. The number of halogens is 2. The second-order valence-corrected chi connectivity index (χ2v) is 7.10. The third-order valence-corrected chi connectivity index (χ3v) is 4.97. The molecule has 0 spiro atoms. The molecule has 2 rings (SSSR count). The Labute approximate surface area is 142 Å². The summed E-state index contributed by atoms with van der Waals surface area (Å²) in [7, 11) is 0. The first kappa shape index (κ1) is 16.4. The van der Waals surface area contributed by atoms with Crippen LogP contribution in [0, 0.1) is 0 Å². The zero-order chi connectivity index (χ0) is 15.2. The molecule has 0 aliphatic carbocycles. The number of amides is 1. The number of thioether (sulfide) groups is 1. The average Bonchev–Trinajstić information content (AvgIpc) is 2.46. The van der Waals surface area contributed by atoms with E-state index < -0.39 is 0 Å². The van der Waals surface area contributed by atoms with E-state index in [1.54, 1.807) is 11.8 Å². The van der Waals surface area contributed by atoms with Crippen LogP contribution in [0.5, 0.6) is 0 Å². The fourth-order valence-corrected chi connectivity index (χ4v) is 3.27. The third-order valence-electron chi connectivity index (χ3n) is 2.85. The predicted octanol–water partition coefficient (Wildman–Crippen LogP) is 5.61. The fraction of sp³-hybridized carbons (Fsp3) is 0.188. The molecule has 0 radical (unpaired) electrons. The van der Waals surface area contributed by atoms with Crippen molar-refractivity contribution in [2.45, 2.75) is 23.5 Å². The minimum atomic E-state index is -0.134. The van der Waals surface area contributed by atoms with Crippen LogP contribution in [-0.4, -0.2) is 11.2 Å². The van der Waals surface area contributed by atoms with Crippen LogP contribution in [0.2, 0.25) is 5.02 Å². The van der Waals surface area contributed by atoms with Gasteiger partial charge in [0.15, 0.2) is 0 Å². The largest absolute Gasteiger partial charge is 0.325 e. The standard InChI is InChI=1S/C16H15BrClNOS/c1-2-15(21-14-8-6-12(18)7-9-14)16(20)19-13-5-3-4-11(17)10-13/h3-10,15H,2H2,1H3,(H,19,20). The Bertz CT molecular complexity index is 618. The SMILES string of the molecule is CCC(Sc1ccc(Cl)cc1)C(=O)Nc1cccc(Br)c1. The van der Waals surface area contributed by atoms with Crippen molar-refractivity contribution in [1.29, 1.82) is 0 Å². The monoisotopic (exact) mass is 383 g/mol. The van der Waals surface area contributed by atoms with Gasteiger partial charge < -0.3 is 5.32 Å². The Kier molecular flexibility index (Phi) is 6.15. The number of hydrogen-bond acceptors (Lipinski definition) is 2. The van der Waals surface area contributed by atoms with Crippen LogP contribution in [0.1, 0.15) is 13.3 Å². The second-order valence-electron chi connectivity index (χ2n) is 4.47. The van der Waals surface area contributed by atoms with E-state index >= 15 is 0 Å². The highest BCUT2D eigenvalue weighted by Crippen LogP contribution is 2.28. The number of benzene rings is 2. The van der Waals surface area contributed by atoms with Gasteiger partial charge in [-0.1, -0.05) is 40.5 Å². The maximum atomic E-state index is 12.4. The lowest BCUT2D eigenvalue weighted by atomic mass is 10.3. The summed E-state index contributed by atoms with van der Waals surface area (Å²) in [6.07, 6.45) is 0.757. The zero-order valence-corrected chi connectivity index (χ0v) is 14.6. The third kappa shape index (κ3) is 5.06. The Morgan fingerprint density at radius 1 is 1.29 bits per heavy atom. The van der Waals surface area contributed by atoms with Gasteiger partial charge >= 0.3 is 0 Å². The summed E-state index contributed by atoms with van der Waals surface area (Å²) < 4.78 is 0.943. The van der Waals surface area contributed by atoms with Gasteiger partial charge in [0.05, 0.1) is 5.25 Å². The molecular weight excluding hydrogens is 370 g/mol. The molecule has 0 saturated carbocycles. The molecule has 2 aromatic rings. The number of rotatable bonds is 5. The van der Waals surface area contributed by atoms with E-state index in [0.29, 0.717) is 5.02 Å². The Morgan fingerprint density at radius 3 is 2.62 bits per heavy atom. The van der Waals surface area contributed by atoms with Gasteiger partial charge in [-0.3, -0.25) is 4.79 Å². The molecule has 0 aliphatic heterocycles. The normalized spacial score (nSPS) is 12.0. The molecule has 0 aromatic heterocycles. The summed E-state index contributed by atoms with van der Waals surface area (Å²) in [5, 5.41) is 3.52. The predicted molar refractivity (Wildman–Crippen MR) is 94.2 cm³/mol. The Morgan fingerprint density at radius 2 is 2.00 bits per heavy atom. The number of carbonyl (C=O) groups excluding carboxylic acids is 1. The zero-order valence-electron chi connectivity index (χ0n) is 11.5. The fourth-order valence-electron chi connectivity index (χ4n) is 1.79. The summed E-state index contributed by atoms with van der Waals surface area (Å²) in [4.78, 5) is 13.4. The summed E-state index contributed by atoms with van der Waals surface area (Å²) >= 11 is 10.8.